The monoisotopic (exact) mass is 268 g/mol. The number of carboxylic acids is 1. The van der Waals surface area contributed by atoms with Gasteiger partial charge in [0.15, 0.2) is 0 Å². The van der Waals surface area contributed by atoms with Gasteiger partial charge in [0.05, 0.1) is 27.2 Å². The van der Waals surface area contributed by atoms with Crippen molar-refractivity contribution in [2.75, 3.05) is 21.3 Å². The number of aliphatic carboxylic acids is 1. The topological polar surface area (TPSA) is 65.0 Å². The Morgan fingerprint density at radius 2 is 1.68 bits per heavy atom. The maximum atomic E-state index is 10.8. The van der Waals surface area contributed by atoms with Crippen LogP contribution < -0.4 is 14.2 Å². The van der Waals surface area contributed by atoms with Crippen molar-refractivity contribution in [1.29, 1.82) is 0 Å². The van der Waals surface area contributed by atoms with Crippen molar-refractivity contribution in [2.45, 2.75) is 19.8 Å². The zero-order valence-electron chi connectivity index (χ0n) is 11.7. The summed E-state index contributed by atoms with van der Waals surface area (Å²) in [6, 6.07) is 3.53. The van der Waals surface area contributed by atoms with E-state index in [1.165, 1.54) is 0 Å². The molecule has 0 saturated heterocycles. The maximum absolute atomic E-state index is 10.8. The van der Waals surface area contributed by atoms with Gasteiger partial charge in [0.25, 0.3) is 0 Å². The lowest BCUT2D eigenvalue weighted by Gasteiger charge is -2.15. The van der Waals surface area contributed by atoms with Crippen LogP contribution in [-0.2, 0) is 11.2 Å². The summed E-state index contributed by atoms with van der Waals surface area (Å²) in [5.41, 5.74) is 0.860. The molecule has 0 saturated carbocycles. The lowest BCUT2D eigenvalue weighted by Crippen LogP contribution is -2.11. The molecule has 5 heteroatoms. The number of carbonyl (C=O) groups is 1. The Morgan fingerprint density at radius 1 is 1.16 bits per heavy atom. The molecule has 19 heavy (non-hydrogen) atoms. The van der Waals surface area contributed by atoms with Crippen LogP contribution in [0.2, 0.25) is 0 Å². The zero-order valence-corrected chi connectivity index (χ0v) is 11.7. The third-order valence-electron chi connectivity index (χ3n) is 3.07. The number of carboxylic acid groups (broad SMARTS) is 1. The number of rotatable bonds is 7. The first-order valence-corrected chi connectivity index (χ1v) is 6.05. The molecule has 106 valence electrons. The van der Waals surface area contributed by atoms with Crippen molar-refractivity contribution in [2.24, 2.45) is 5.92 Å². The standard InChI is InChI=1S/C14H20O5/c1-9(14(15)16)5-6-11-12(18-3)7-10(17-2)8-13(11)19-4/h7-9H,5-6H2,1-4H3,(H,15,16). The van der Waals surface area contributed by atoms with Gasteiger partial charge in [0, 0.05) is 17.7 Å². The average molecular weight is 268 g/mol. The molecule has 0 heterocycles. The number of ether oxygens (including phenoxy) is 3. The van der Waals surface area contributed by atoms with Crippen molar-refractivity contribution >= 4 is 5.97 Å². The normalized spacial score (nSPS) is 11.8. The van der Waals surface area contributed by atoms with E-state index in [0.29, 0.717) is 30.1 Å². The van der Waals surface area contributed by atoms with E-state index < -0.39 is 11.9 Å². The minimum Gasteiger partial charge on any atom is -0.496 e. The number of methoxy groups -OCH3 is 3. The third-order valence-corrected chi connectivity index (χ3v) is 3.07. The molecule has 0 amide bonds. The predicted molar refractivity (Wildman–Crippen MR) is 71.2 cm³/mol. The first kappa shape index (κ1) is 15.1. The van der Waals surface area contributed by atoms with Gasteiger partial charge >= 0.3 is 5.97 Å². The van der Waals surface area contributed by atoms with Crippen LogP contribution in [0.5, 0.6) is 17.2 Å². The predicted octanol–water partition coefficient (Wildman–Crippen LogP) is 2.37. The van der Waals surface area contributed by atoms with Gasteiger partial charge in [0.1, 0.15) is 17.2 Å². The van der Waals surface area contributed by atoms with Gasteiger partial charge in [0.2, 0.25) is 0 Å². The zero-order chi connectivity index (χ0) is 14.4. The van der Waals surface area contributed by atoms with E-state index in [9.17, 15) is 4.79 Å². The summed E-state index contributed by atoms with van der Waals surface area (Å²) < 4.78 is 15.8. The van der Waals surface area contributed by atoms with E-state index in [-0.39, 0.29) is 0 Å². The molecule has 1 aromatic carbocycles. The highest BCUT2D eigenvalue weighted by molar-refractivity contribution is 5.69. The molecule has 0 aliphatic carbocycles. The van der Waals surface area contributed by atoms with Crippen molar-refractivity contribution in [3.8, 4) is 17.2 Å². The lowest BCUT2D eigenvalue weighted by molar-refractivity contribution is -0.141. The Hall–Kier alpha value is -1.91. The molecule has 1 aromatic rings. The molecule has 1 atom stereocenters. The van der Waals surface area contributed by atoms with Crippen molar-refractivity contribution in [3.05, 3.63) is 17.7 Å². The second-order valence-electron chi connectivity index (χ2n) is 4.29. The van der Waals surface area contributed by atoms with E-state index >= 15 is 0 Å². The lowest BCUT2D eigenvalue weighted by atomic mass is 9.99. The van der Waals surface area contributed by atoms with Crippen LogP contribution >= 0.6 is 0 Å². The fraction of sp³-hybridized carbons (Fsp3) is 0.500. The van der Waals surface area contributed by atoms with Crippen LogP contribution in [0.3, 0.4) is 0 Å². The first-order chi connectivity index (χ1) is 9.03. The average Bonchev–Trinajstić information content (AvgIpc) is 2.43. The minimum absolute atomic E-state index is 0.406. The molecule has 1 rings (SSSR count). The summed E-state index contributed by atoms with van der Waals surface area (Å²) in [4.78, 5) is 10.8. The first-order valence-electron chi connectivity index (χ1n) is 6.05. The fourth-order valence-electron chi connectivity index (χ4n) is 1.81. The van der Waals surface area contributed by atoms with Gasteiger partial charge in [-0.2, -0.15) is 0 Å². The van der Waals surface area contributed by atoms with Gasteiger partial charge < -0.3 is 19.3 Å². The summed E-state index contributed by atoms with van der Waals surface area (Å²) in [7, 11) is 4.71. The Labute approximate surface area is 113 Å². The molecule has 1 N–H and O–H groups in total. The summed E-state index contributed by atoms with van der Waals surface area (Å²) in [5, 5.41) is 8.91. The molecular formula is C14H20O5. The summed E-state index contributed by atoms with van der Waals surface area (Å²) in [5.74, 6) is 0.731. The molecule has 0 aromatic heterocycles. The Morgan fingerprint density at radius 3 is 2.05 bits per heavy atom. The third kappa shape index (κ3) is 3.77. The van der Waals surface area contributed by atoms with Crippen molar-refractivity contribution in [3.63, 3.8) is 0 Å². The molecule has 0 aliphatic rings. The van der Waals surface area contributed by atoms with E-state index in [2.05, 4.69) is 0 Å². The van der Waals surface area contributed by atoms with Crippen LogP contribution in [0.25, 0.3) is 0 Å². The Bertz CT molecular complexity index is 416. The van der Waals surface area contributed by atoms with Crippen LogP contribution in [0, 0.1) is 5.92 Å². The van der Waals surface area contributed by atoms with Crippen LogP contribution in [0.4, 0.5) is 0 Å². The molecule has 0 aliphatic heterocycles. The Kier molecular flexibility index (Phi) is 5.48. The van der Waals surface area contributed by atoms with Gasteiger partial charge in [-0.15, -0.1) is 0 Å². The van der Waals surface area contributed by atoms with Crippen molar-refractivity contribution in [1.82, 2.24) is 0 Å². The largest absolute Gasteiger partial charge is 0.496 e. The number of benzene rings is 1. The highest BCUT2D eigenvalue weighted by Gasteiger charge is 2.17. The van der Waals surface area contributed by atoms with E-state index in [4.69, 9.17) is 19.3 Å². The molecule has 0 bridgehead atoms. The summed E-state index contributed by atoms with van der Waals surface area (Å²) >= 11 is 0. The molecule has 5 nitrogen and oxygen atoms in total. The Balaban J connectivity index is 3.00. The van der Waals surface area contributed by atoms with Gasteiger partial charge in [-0.3, -0.25) is 4.79 Å². The smallest absolute Gasteiger partial charge is 0.306 e. The minimum atomic E-state index is -0.800. The maximum Gasteiger partial charge on any atom is 0.306 e. The molecular weight excluding hydrogens is 248 g/mol. The molecule has 0 fully saturated rings. The van der Waals surface area contributed by atoms with Gasteiger partial charge in [-0.25, -0.2) is 0 Å². The summed E-state index contributed by atoms with van der Waals surface area (Å²) in [6.07, 6.45) is 1.10. The quantitative estimate of drug-likeness (QED) is 0.822. The summed E-state index contributed by atoms with van der Waals surface area (Å²) in [6.45, 7) is 1.69. The van der Waals surface area contributed by atoms with Gasteiger partial charge in [-0.1, -0.05) is 6.92 Å². The highest BCUT2D eigenvalue weighted by atomic mass is 16.5. The second-order valence-corrected chi connectivity index (χ2v) is 4.29. The fourth-order valence-corrected chi connectivity index (χ4v) is 1.81. The highest BCUT2D eigenvalue weighted by Crippen LogP contribution is 2.35. The molecule has 0 radical (unpaired) electrons. The second kappa shape index (κ2) is 6.87. The van der Waals surface area contributed by atoms with E-state index in [0.717, 1.165) is 5.56 Å². The molecule has 0 spiro atoms. The number of hydrogen-bond acceptors (Lipinski definition) is 4. The SMILES string of the molecule is COc1cc(OC)c(CCC(C)C(=O)O)c(OC)c1. The van der Waals surface area contributed by atoms with Crippen molar-refractivity contribution < 1.29 is 24.1 Å². The van der Waals surface area contributed by atoms with Gasteiger partial charge in [-0.05, 0) is 12.8 Å². The van der Waals surface area contributed by atoms with Crippen LogP contribution in [0.15, 0.2) is 12.1 Å². The molecule has 1 unspecified atom stereocenters. The van der Waals surface area contributed by atoms with E-state index in [1.807, 2.05) is 0 Å². The number of hydrogen-bond donors (Lipinski definition) is 1. The van der Waals surface area contributed by atoms with Crippen LogP contribution in [0.1, 0.15) is 18.9 Å². The van der Waals surface area contributed by atoms with E-state index in [1.54, 1.807) is 40.4 Å². The van der Waals surface area contributed by atoms with Crippen LogP contribution in [-0.4, -0.2) is 32.4 Å².